The summed E-state index contributed by atoms with van der Waals surface area (Å²) in [5.41, 5.74) is 2.33. The fraction of sp³-hybridized carbons (Fsp3) is 0.500. The molecule has 1 aromatic carbocycles. The molecule has 2 heterocycles. The van der Waals surface area contributed by atoms with E-state index in [0.717, 1.165) is 38.2 Å². The SMILES string of the molecule is CCc1ccc(-c2noc(CN3CCNC[C@H]3C)n2)cc1. The number of aryl methyl sites for hydroxylation is 1. The standard InChI is InChI=1S/C16H22N4O/c1-3-13-4-6-14(7-5-13)16-18-15(21-19-16)11-20-9-8-17-10-12(20)2/h4-7,12,17H,3,8-11H2,1-2H3/t12-/m1/s1. The minimum Gasteiger partial charge on any atom is -0.338 e. The van der Waals surface area contributed by atoms with Crippen molar-refractivity contribution in [1.82, 2.24) is 20.4 Å². The largest absolute Gasteiger partial charge is 0.338 e. The predicted molar refractivity (Wildman–Crippen MR) is 81.9 cm³/mol. The summed E-state index contributed by atoms with van der Waals surface area (Å²) in [7, 11) is 0. The lowest BCUT2D eigenvalue weighted by Gasteiger charge is -2.32. The van der Waals surface area contributed by atoms with Crippen LogP contribution in [-0.4, -0.2) is 40.7 Å². The Morgan fingerprint density at radius 2 is 2.14 bits per heavy atom. The second-order valence-corrected chi connectivity index (χ2v) is 5.59. The van der Waals surface area contributed by atoms with Crippen molar-refractivity contribution in [3.8, 4) is 11.4 Å². The fourth-order valence-corrected chi connectivity index (χ4v) is 2.62. The van der Waals surface area contributed by atoms with Crippen molar-refractivity contribution in [2.45, 2.75) is 32.9 Å². The molecule has 0 saturated carbocycles. The molecular weight excluding hydrogens is 264 g/mol. The van der Waals surface area contributed by atoms with Crippen LogP contribution in [0.4, 0.5) is 0 Å². The summed E-state index contributed by atoms with van der Waals surface area (Å²) >= 11 is 0. The molecule has 3 rings (SSSR count). The Bertz CT molecular complexity index is 578. The van der Waals surface area contributed by atoms with Crippen LogP contribution in [0.15, 0.2) is 28.8 Å². The molecule has 1 N–H and O–H groups in total. The first-order valence-corrected chi connectivity index (χ1v) is 7.63. The van der Waals surface area contributed by atoms with Crippen molar-refractivity contribution < 1.29 is 4.52 Å². The second-order valence-electron chi connectivity index (χ2n) is 5.59. The zero-order valence-corrected chi connectivity index (χ0v) is 12.7. The first-order chi connectivity index (χ1) is 10.3. The molecule has 0 bridgehead atoms. The van der Waals surface area contributed by atoms with Crippen molar-refractivity contribution in [1.29, 1.82) is 0 Å². The van der Waals surface area contributed by atoms with E-state index < -0.39 is 0 Å². The average molecular weight is 286 g/mol. The number of benzene rings is 1. The fourth-order valence-electron chi connectivity index (χ4n) is 2.62. The number of hydrogen-bond donors (Lipinski definition) is 1. The Morgan fingerprint density at radius 3 is 2.86 bits per heavy atom. The Balaban J connectivity index is 1.70. The number of hydrogen-bond acceptors (Lipinski definition) is 5. The van der Waals surface area contributed by atoms with Crippen molar-refractivity contribution in [2.24, 2.45) is 0 Å². The number of piperazine rings is 1. The third-order valence-corrected chi connectivity index (χ3v) is 4.07. The normalized spacial score (nSPS) is 19.8. The van der Waals surface area contributed by atoms with Gasteiger partial charge < -0.3 is 9.84 Å². The Labute approximate surface area is 125 Å². The first kappa shape index (κ1) is 14.2. The molecule has 0 spiro atoms. The van der Waals surface area contributed by atoms with Gasteiger partial charge in [-0.25, -0.2) is 0 Å². The molecule has 1 aromatic heterocycles. The Morgan fingerprint density at radius 1 is 1.33 bits per heavy atom. The van der Waals surface area contributed by atoms with Crippen LogP contribution in [0.1, 0.15) is 25.3 Å². The van der Waals surface area contributed by atoms with E-state index in [9.17, 15) is 0 Å². The van der Waals surface area contributed by atoms with Gasteiger partial charge in [0, 0.05) is 31.2 Å². The van der Waals surface area contributed by atoms with Crippen LogP contribution in [0.25, 0.3) is 11.4 Å². The molecule has 0 radical (unpaired) electrons. The molecule has 1 saturated heterocycles. The number of nitrogens with zero attached hydrogens (tertiary/aromatic N) is 3. The number of aromatic nitrogens is 2. The maximum absolute atomic E-state index is 5.40. The van der Waals surface area contributed by atoms with Crippen molar-refractivity contribution in [3.63, 3.8) is 0 Å². The third kappa shape index (κ3) is 3.31. The van der Waals surface area contributed by atoms with Gasteiger partial charge in [0.2, 0.25) is 11.7 Å². The van der Waals surface area contributed by atoms with Crippen LogP contribution >= 0.6 is 0 Å². The minimum absolute atomic E-state index is 0.498. The monoisotopic (exact) mass is 286 g/mol. The second kappa shape index (κ2) is 6.37. The molecule has 0 aliphatic carbocycles. The highest BCUT2D eigenvalue weighted by molar-refractivity contribution is 5.54. The van der Waals surface area contributed by atoms with Gasteiger partial charge >= 0.3 is 0 Å². The summed E-state index contributed by atoms with van der Waals surface area (Å²) in [6.07, 6.45) is 1.04. The van der Waals surface area contributed by atoms with Gasteiger partial charge in [-0.1, -0.05) is 36.3 Å². The highest BCUT2D eigenvalue weighted by Gasteiger charge is 2.20. The summed E-state index contributed by atoms with van der Waals surface area (Å²) in [4.78, 5) is 6.89. The molecule has 1 aliphatic heterocycles. The first-order valence-electron chi connectivity index (χ1n) is 7.63. The lowest BCUT2D eigenvalue weighted by Crippen LogP contribution is -2.49. The lowest BCUT2D eigenvalue weighted by atomic mass is 10.1. The van der Waals surface area contributed by atoms with Crippen LogP contribution in [0.2, 0.25) is 0 Å². The molecule has 5 nitrogen and oxygen atoms in total. The summed E-state index contributed by atoms with van der Waals surface area (Å²) in [5.74, 6) is 1.37. The van der Waals surface area contributed by atoms with Gasteiger partial charge in [0.1, 0.15) is 0 Å². The molecule has 0 amide bonds. The van der Waals surface area contributed by atoms with E-state index in [-0.39, 0.29) is 0 Å². The van der Waals surface area contributed by atoms with Crippen LogP contribution in [-0.2, 0) is 13.0 Å². The minimum atomic E-state index is 0.498. The van der Waals surface area contributed by atoms with Crippen LogP contribution in [0.5, 0.6) is 0 Å². The predicted octanol–water partition coefficient (Wildman–Crippen LogP) is 2.09. The molecule has 112 valence electrons. The summed E-state index contributed by atoms with van der Waals surface area (Å²) in [5, 5.41) is 7.49. The van der Waals surface area contributed by atoms with Gasteiger partial charge in [0.15, 0.2) is 0 Å². The molecule has 1 aliphatic rings. The molecule has 1 fully saturated rings. The topological polar surface area (TPSA) is 54.2 Å². The third-order valence-electron chi connectivity index (χ3n) is 4.07. The van der Waals surface area contributed by atoms with E-state index >= 15 is 0 Å². The van der Waals surface area contributed by atoms with Gasteiger partial charge in [0.05, 0.1) is 6.54 Å². The van der Waals surface area contributed by atoms with E-state index in [2.05, 4.69) is 58.5 Å². The molecular formula is C16H22N4O. The van der Waals surface area contributed by atoms with Crippen molar-refractivity contribution in [2.75, 3.05) is 19.6 Å². The summed E-state index contributed by atoms with van der Waals surface area (Å²) in [6, 6.07) is 8.84. The van der Waals surface area contributed by atoms with Crippen LogP contribution in [0, 0.1) is 0 Å². The molecule has 21 heavy (non-hydrogen) atoms. The van der Waals surface area contributed by atoms with Gasteiger partial charge in [-0.15, -0.1) is 0 Å². The maximum atomic E-state index is 5.40. The highest BCUT2D eigenvalue weighted by atomic mass is 16.5. The summed E-state index contributed by atoms with van der Waals surface area (Å²) in [6.45, 7) is 8.14. The van der Waals surface area contributed by atoms with Crippen LogP contribution in [0.3, 0.4) is 0 Å². The van der Waals surface area contributed by atoms with E-state index in [1.165, 1.54) is 5.56 Å². The number of nitrogens with one attached hydrogen (secondary N) is 1. The zero-order valence-electron chi connectivity index (χ0n) is 12.7. The van der Waals surface area contributed by atoms with E-state index in [0.29, 0.717) is 17.8 Å². The smallest absolute Gasteiger partial charge is 0.241 e. The van der Waals surface area contributed by atoms with Gasteiger partial charge in [-0.3, -0.25) is 4.90 Å². The number of rotatable bonds is 4. The van der Waals surface area contributed by atoms with E-state index in [4.69, 9.17) is 4.52 Å². The Kier molecular flexibility index (Phi) is 4.31. The molecule has 0 unspecified atom stereocenters. The van der Waals surface area contributed by atoms with Gasteiger partial charge in [0.25, 0.3) is 0 Å². The van der Waals surface area contributed by atoms with Gasteiger partial charge in [-0.2, -0.15) is 4.98 Å². The Hall–Kier alpha value is -1.72. The molecule has 2 aromatic rings. The molecule has 1 atom stereocenters. The summed E-state index contributed by atoms with van der Waals surface area (Å²) < 4.78 is 5.40. The lowest BCUT2D eigenvalue weighted by molar-refractivity contribution is 0.146. The highest BCUT2D eigenvalue weighted by Crippen LogP contribution is 2.18. The zero-order chi connectivity index (χ0) is 14.7. The van der Waals surface area contributed by atoms with E-state index in [1.54, 1.807) is 0 Å². The van der Waals surface area contributed by atoms with E-state index in [1.807, 2.05) is 0 Å². The molecule has 5 heteroatoms. The maximum Gasteiger partial charge on any atom is 0.241 e. The van der Waals surface area contributed by atoms with Crippen LogP contribution < -0.4 is 5.32 Å². The van der Waals surface area contributed by atoms with Gasteiger partial charge in [-0.05, 0) is 18.9 Å². The average Bonchev–Trinajstić information content (AvgIpc) is 2.98. The quantitative estimate of drug-likeness (QED) is 0.932. The van der Waals surface area contributed by atoms with Crippen molar-refractivity contribution in [3.05, 3.63) is 35.7 Å². The van der Waals surface area contributed by atoms with Crippen molar-refractivity contribution >= 4 is 0 Å².